The smallest absolute Gasteiger partial charge is 0.272 e. The maximum absolute atomic E-state index is 12.3. The van der Waals surface area contributed by atoms with Crippen LogP contribution < -0.4 is 4.80 Å². The van der Waals surface area contributed by atoms with Gasteiger partial charge < -0.3 is 4.57 Å². The van der Waals surface area contributed by atoms with E-state index in [9.17, 15) is 4.79 Å². The molecule has 0 unspecified atom stereocenters. The summed E-state index contributed by atoms with van der Waals surface area (Å²) in [5.74, 6) is 0.690. The van der Waals surface area contributed by atoms with Crippen LogP contribution in [0, 0.1) is 0 Å². The Morgan fingerprint density at radius 1 is 1.28 bits per heavy atom. The zero-order valence-electron chi connectivity index (χ0n) is 13.7. The van der Waals surface area contributed by atoms with Gasteiger partial charge in [-0.15, -0.1) is 0 Å². The number of nitrogens with zero attached hydrogens (tertiary/aromatic N) is 2. The maximum atomic E-state index is 12.3. The average Bonchev–Trinajstić information content (AvgIpc) is 2.95. The van der Waals surface area contributed by atoms with Crippen LogP contribution in [0.2, 0.25) is 5.02 Å². The van der Waals surface area contributed by atoms with Crippen LogP contribution in [-0.2, 0) is 11.3 Å². The van der Waals surface area contributed by atoms with Gasteiger partial charge in [0.1, 0.15) is 0 Å². The van der Waals surface area contributed by atoms with E-state index in [0.29, 0.717) is 9.82 Å². The van der Waals surface area contributed by atoms with E-state index < -0.39 is 0 Å². The predicted octanol–water partition coefficient (Wildman–Crippen LogP) is 4.86. The number of benzene rings is 2. The summed E-state index contributed by atoms with van der Waals surface area (Å²) in [6.07, 6.45) is 5.35. The summed E-state index contributed by atoms with van der Waals surface area (Å²) < 4.78 is 3.12. The Bertz CT molecular complexity index is 974. The molecule has 1 aromatic heterocycles. The van der Waals surface area contributed by atoms with Crippen molar-refractivity contribution >= 4 is 56.9 Å². The van der Waals surface area contributed by atoms with Crippen LogP contribution in [0.1, 0.15) is 5.56 Å². The summed E-state index contributed by atoms with van der Waals surface area (Å²) in [6.45, 7) is 0.803. The van der Waals surface area contributed by atoms with Crippen LogP contribution >= 0.6 is 34.7 Å². The first kappa shape index (κ1) is 18.0. The maximum Gasteiger partial charge on any atom is 0.272 e. The van der Waals surface area contributed by atoms with Crippen molar-refractivity contribution in [1.29, 1.82) is 0 Å². The Morgan fingerprint density at radius 2 is 2.08 bits per heavy atom. The second kappa shape index (κ2) is 8.52. The highest BCUT2D eigenvalue weighted by Gasteiger charge is 2.07. The molecule has 0 fully saturated rings. The fourth-order valence-corrected chi connectivity index (χ4v) is 4.10. The second-order valence-corrected chi connectivity index (χ2v) is 7.77. The standard InChI is InChI=1S/C19H17ClN2OS2/c1-24-12-11-22-16-9-8-15(20)13-17(16)25-19(22)21-18(23)10-7-14-5-3-2-4-6-14/h2-10,13H,11-12H2,1H3/b10-7+,21-19?. The van der Waals surface area contributed by atoms with E-state index in [1.165, 1.54) is 17.4 Å². The lowest BCUT2D eigenvalue weighted by molar-refractivity contribution is -0.113. The molecule has 1 heterocycles. The number of halogens is 1. The summed E-state index contributed by atoms with van der Waals surface area (Å²) in [7, 11) is 0. The number of fused-ring (bicyclic) bond motifs is 1. The van der Waals surface area contributed by atoms with Crippen LogP contribution in [0.3, 0.4) is 0 Å². The molecule has 0 saturated heterocycles. The molecular weight excluding hydrogens is 372 g/mol. The Labute approximate surface area is 159 Å². The van der Waals surface area contributed by atoms with Gasteiger partial charge in [0, 0.05) is 23.4 Å². The molecule has 6 heteroatoms. The van der Waals surface area contributed by atoms with E-state index in [0.717, 1.165) is 28.1 Å². The molecule has 3 aromatic rings. The lowest BCUT2D eigenvalue weighted by Crippen LogP contribution is -2.17. The van der Waals surface area contributed by atoms with E-state index in [4.69, 9.17) is 11.6 Å². The Morgan fingerprint density at radius 3 is 2.84 bits per heavy atom. The highest BCUT2D eigenvalue weighted by Crippen LogP contribution is 2.22. The molecule has 3 nitrogen and oxygen atoms in total. The molecular formula is C19H17ClN2OS2. The zero-order valence-corrected chi connectivity index (χ0v) is 16.1. The number of carbonyl (C=O) groups is 1. The summed E-state index contributed by atoms with van der Waals surface area (Å²) in [5, 5.41) is 0.688. The number of aryl methyl sites for hydroxylation is 1. The molecule has 128 valence electrons. The van der Waals surface area contributed by atoms with Gasteiger partial charge in [-0.2, -0.15) is 16.8 Å². The van der Waals surface area contributed by atoms with Crippen molar-refractivity contribution in [3.8, 4) is 0 Å². The van der Waals surface area contributed by atoms with Crippen LogP contribution in [0.4, 0.5) is 0 Å². The van der Waals surface area contributed by atoms with E-state index in [1.807, 2.05) is 48.5 Å². The van der Waals surface area contributed by atoms with Gasteiger partial charge in [0.05, 0.1) is 10.2 Å². The Hall–Kier alpha value is -1.82. The minimum absolute atomic E-state index is 0.264. The van der Waals surface area contributed by atoms with Gasteiger partial charge in [-0.25, -0.2) is 0 Å². The first-order valence-corrected chi connectivity index (χ1v) is 10.4. The number of thioether (sulfide) groups is 1. The van der Waals surface area contributed by atoms with Gasteiger partial charge in [-0.05, 0) is 36.1 Å². The molecule has 0 saturated carbocycles. The molecule has 2 aromatic carbocycles. The van der Waals surface area contributed by atoms with E-state index in [1.54, 1.807) is 17.8 Å². The fourth-order valence-electron chi connectivity index (χ4n) is 2.39. The van der Waals surface area contributed by atoms with Gasteiger partial charge in [-0.3, -0.25) is 4.79 Å². The molecule has 0 aliphatic heterocycles. The van der Waals surface area contributed by atoms with Crippen molar-refractivity contribution in [3.63, 3.8) is 0 Å². The van der Waals surface area contributed by atoms with Crippen molar-refractivity contribution in [1.82, 2.24) is 4.57 Å². The van der Waals surface area contributed by atoms with Crippen LogP contribution in [0.15, 0.2) is 59.6 Å². The number of thiazole rings is 1. The van der Waals surface area contributed by atoms with Gasteiger partial charge in [0.25, 0.3) is 5.91 Å². The number of hydrogen-bond acceptors (Lipinski definition) is 3. The predicted molar refractivity (Wildman–Crippen MR) is 109 cm³/mol. The monoisotopic (exact) mass is 388 g/mol. The number of amides is 1. The van der Waals surface area contributed by atoms with Crippen LogP contribution in [0.25, 0.3) is 16.3 Å². The first-order chi connectivity index (χ1) is 12.2. The lowest BCUT2D eigenvalue weighted by atomic mass is 10.2. The fraction of sp³-hybridized carbons (Fsp3) is 0.158. The van der Waals surface area contributed by atoms with Crippen molar-refractivity contribution in [2.75, 3.05) is 12.0 Å². The largest absolute Gasteiger partial charge is 0.316 e. The average molecular weight is 389 g/mol. The van der Waals surface area contributed by atoms with Crippen molar-refractivity contribution in [3.05, 3.63) is 70.0 Å². The van der Waals surface area contributed by atoms with E-state index in [-0.39, 0.29) is 5.91 Å². The number of rotatable bonds is 5. The zero-order chi connectivity index (χ0) is 17.6. The second-order valence-electron chi connectivity index (χ2n) is 5.34. The molecule has 0 spiro atoms. The molecule has 0 atom stereocenters. The molecule has 0 N–H and O–H groups in total. The van der Waals surface area contributed by atoms with Gasteiger partial charge in [0.2, 0.25) is 0 Å². The molecule has 25 heavy (non-hydrogen) atoms. The topological polar surface area (TPSA) is 34.4 Å². The van der Waals surface area contributed by atoms with E-state index >= 15 is 0 Å². The summed E-state index contributed by atoms with van der Waals surface area (Å²) >= 11 is 9.34. The SMILES string of the molecule is CSCCn1c(=NC(=O)/C=C/c2ccccc2)sc2cc(Cl)ccc21. The van der Waals surface area contributed by atoms with Crippen molar-refractivity contribution < 1.29 is 4.79 Å². The molecule has 0 bridgehead atoms. The minimum atomic E-state index is -0.264. The summed E-state index contributed by atoms with van der Waals surface area (Å²) in [5.41, 5.74) is 2.03. The van der Waals surface area contributed by atoms with E-state index in [2.05, 4.69) is 15.8 Å². The lowest BCUT2D eigenvalue weighted by Gasteiger charge is -2.03. The molecule has 1 amide bonds. The highest BCUT2D eigenvalue weighted by molar-refractivity contribution is 7.98. The third kappa shape index (κ3) is 4.63. The molecule has 0 aliphatic carbocycles. The Kier molecular flexibility index (Phi) is 6.13. The number of carbonyl (C=O) groups excluding carboxylic acids is 1. The van der Waals surface area contributed by atoms with Gasteiger partial charge >= 0.3 is 0 Å². The minimum Gasteiger partial charge on any atom is -0.316 e. The third-order valence-electron chi connectivity index (χ3n) is 3.59. The van der Waals surface area contributed by atoms with Crippen molar-refractivity contribution in [2.45, 2.75) is 6.54 Å². The van der Waals surface area contributed by atoms with Gasteiger partial charge in [0.15, 0.2) is 4.80 Å². The van der Waals surface area contributed by atoms with Crippen LogP contribution in [0.5, 0.6) is 0 Å². The highest BCUT2D eigenvalue weighted by atomic mass is 35.5. The molecule has 0 radical (unpaired) electrons. The molecule has 0 aliphatic rings. The first-order valence-electron chi connectivity index (χ1n) is 7.77. The normalized spacial score (nSPS) is 12.3. The van der Waals surface area contributed by atoms with Crippen molar-refractivity contribution in [2.24, 2.45) is 4.99 Å². The van der Waals surface area contributed by atoms with Crippen LogP contribution in [-0.4, -0.2) is 22.5 Å². The Balaban J connectivity index is 1.96. The molecule has 3 rings (SSSR count). The quantitative estimate of drug-likeness (QED) is 0.585. The number of aromatic nitrogens is 1. The number of hydrogen-bond donors (Lipinski definition) is 0. The third-order valence-corrected chi connectivity index (χ3v) is 5.45. The van der Waals surface area contributed by atoms with Gasteiger partial charge in [-0.1, -0.05) is 53.3 Å². The summed E-state index contributed by atoms with van der Waals surface area (Å²) in [4.78, 5) is 17.3. The summed E-state index contributed by atoms with van der Waals surface area (Å²) in [6, 6.07) is 15.5.